The van der Waals surface area contributed by atoms with E-state index in [0.717, 1.165) is 16.0 Å². The number of carbonyl (C=O) groups excluding carboxylic acids is 1. The summed E-state index contributed by atoms with van der Waals surface area (Å²) in [5.41, 5.74) is 2.08. The molecule has 1 aromatic heterocycles. The van der Waals surface area contributed by atoms with Crippen molar-refractivity contribution < 1.29 is 17.9 Å². The van der Waals surface area contributed by atoms with E-state index >= 15 is 0 Å². The van der Waals surface area contributed by atoms with Gasteiger partial charge in [-0.25, -0.2) is 8.42 Å². The number of ether oxygens (including phenoxy) is 1. The van der Waals surface area contributed by atoms with Gasteiger partial charge in [-0.15, -0.1) is 11.3 Å². The van der Waals surface area contributed by atoms with Crippen LogP contribution in [0.1, 0.15) is 28.8 Å². The molecule has 0 saturated carbocycles. The molecule has 8 heteroatoms. The number of methoxy groups -OCH3 is 1. The number of aryl methyl sites for hydroxylation is 1. The predicted molar refractivity (Wildman–Crippen MR) is 110 cm³/mol. The van der Waals surface area contributed by atoms with Crippen molar-refractivity contribution in [3.05, 3.63) is 52.4 Å². The number of hydrogen-bond donors (Lipinski definition) is 1. The van der Waals surface area contributed by atoms with Crippen LogP contribution in [-0.4, -0.2) is 38.8 Å². The molecule has 1 saturated heterocycles. The highest BCUT2D eigenvalue weighted by atomic mass is 32.2. The first-order valence-electron chi connectivity index (χ1n) is 9.31. The number of nitrogens with zero attached hydrogens (tertiary/aromatic N) is 1. The van der Waals surface area contributed by atoms with Gasteiger partial charge < -0.3 is 10.1 Å². The highest BCUT2D eigenvalue weighted by molar-refractivity contribution is 7.91. The van der Waals surface area contributed by atoms with Crippen molar-refractivity contribution in [3.8, 4) is 0 Å². The van der Waals surface area contributed by atoms with Crippen LogP contribution in [0.25, 0.3) is 0 Å². The molecule has 1 atom stereocenters. The van der Waals surface area contributed by atoms with Crippen molar-refractivity contribution in [1.29, 1.82) is 0 Å². The van der Waals surface area contributed by atoms with E-state index in [2.05, 4.69) is 5.32 Å². The zero-order chi connectivity index (χ0) is 20.1. The average Bonchev–Trinajstić information content (AvgIpc) is 3.15. The second-order valence-corrected chi connectivity index (χ2v) is 10.5. The number of rotatable bonds is 7. The number of sulfonamides is 1. The Morgan fingerprint density at radius 1 is 1.21 bits per heavy atom. The quantitative estimate of drug-likeness (QED) is 0.744. The van der Waals surface area contributed by atoms with Gasteiger partial charge in [0.1, 0.15) is 4.21 Å². The maximum atomic E-state index is 12.8. The Morgan fingerprint density at radius 2 is 1.93 bits per heavy atom. The summed E-state index contributed by atoms with van der Waals surface area (Å²) in [5, 5.41) is 2.95. The van der Waals surface area contributed by atoms with Crippen molar-refractivity contribution in [3.63, 3.8) is 0 Å². The molecule has 2 aromatic rings. The molecule has 1 aliphatic rings. The third kappa shape index (κ3) is 5.00. The molecule has 1 N–H and O–H groups in total. The van der Waals surface area contributed by atoms with Crippen LogP contribution in [0.4, 0.5) is 0 Å². The summed E-state index contributed by atoms with van der Waals surface area (Å²) in [5.74, 6) is -0.416. The molecule has 0 spiro atoms. The van der Waals surface area contributed by atoms with E-state index < -0.39 is 10.0 Å². The lowest BCUT2D eigenvalue weighted by molar-refractivity contribution is -0.126. The Labute approximate surface area is 170 Å². The lowest BCUT2D eigenvalue weighted by Gasteiger charge is -2.30. The molecule has 152 valence electrons. The lowest BCUT2D eigenvalue weighted by atomic mass is 9.98. The first-order chi connectivity index (χ1) is 13.4. The fourth-order valence-electron chi connectivity index (χ4n) is 3.31. The number of piperidine rings is 1. The number of amides is 1. The number of benzene rings is 1. The number of hydrogen-bond acceptors (Lipinski definition) is 5. The predicted octanol–water partition coefficient (Wildman–Crippen LogP) is 2.92. The number of thiophene rings is 1. The molecule has 1 fully saturated rings. The van der Waals surface area contributed by atoms with Gasteiger partial charge in [0.15, 0.2) is 0 Å². The van der Waals surface area contributed by atoms with Crippen LogP contribution in [0.5, 0.6) is 0 Å². The van der Waals surface area contributed by atoms with Gasteiger partial charge in [-0.05, 0) is 43.0 Å². The minimum absolute atomic E-state index is 0.0942. The summed E-state index contributed by atoms with van der Waals surface area (Å²) >= 11 is 1.27. The molecule has 3 rings (SSSR count). The fourth-order valence-corrected chi connectivity index (χ4v) is 6.27. The normalized spacial score (nSPS) is 18.1. The maximum Gasteiger partial charge on any atom is 0.252 e. The zero-order valence-corrected chi connectivity index (χ0v) is 17.8. The van der Waals surface area contributed by atoms with Crippen molar-refractivity contribution in [2.24, 2.45) is 5.92 Å². The fraction of sp³-hybridized carbons (Fsp3) is 0.450. The minimum Gasteiger partial charge on any atom is -0.380 e. The molecule has 0 radical (unpaired) electrons. The first-order valence-corrected chi connectivity index (χ1v) is 11.6. The van der Waals surface area contributed by atoms with Gasteiger partial charge >= 0.3 is 0 Å². The highest BCUT2D eigenvalue weighted by Gasteiger charge is 2.33. The topological polar surface area (TPSA) is 75.7 Å². The third-order valence-corrected chi connectivity index (χ3v) is 8.20. The van der Waals surface area contributed by atoms with E-state index in [1.54, 1.807) is 13.2 Å². The summed E-state index contributed by atoms with van der Waals surface area (Å²) in [4.78, 5) is 13.6. The van der Waals surface area contributed by atoms with E-state index in [4.69, 9.17) is 4.74 Å². The Hall–Kier alpha value is -1.74. The smallest absolute Gasteiger partial charge is 0.252 e. The molecule has 1 amide bonds. The molecule has 0 aliphatic carbocycles. The maximum absolute atomic E-state index is 12.8. The van der Waals surface area contributed by atoms with Crippen LogP contribution in [-0.2, 0) is 32.7 Å². The van der Waals surface area contributed by atoms with Crippen LogP contribution >= 0.6 is 11.3 Å². The van der Waals surface area contributed by atoms with Gasteiger partial charge in [0.05, 0.1) is 12.5 Å². The van der Waals surface area contributed by atoms with Crippen LogP contribution in [0.2, 0.25) is 0 Å². The van der Waals surface area contributed by atoms with Gasteiger partial charge in [-0.1, -0.05) is 24.3 Å². The average molecular weight is 423 g/mol. The SMILES string of the molecule is COCc1ccc(CNC(=O)C2CCCN(S(=O)(=O)c3ccc(C)s3)C2)cc1. The van der Waals surface area contributed by atoms with Crippen LogP contribution < -0.4 is 5.32 Å². The van der Waals surface area contributed by atoms with Gasteiger partial charge in [-0.2, -0.15) is 4.31 Å². The molecule has 1 aliphatic heterocycles. The van der Waals surface area contributed by atoms with E-state index in [9.17, 15) is 13.2 Å². The minimum atomic E-state index is -3.52. The molecule has 2 heterocycles. The lowest BCUT2D eigenvalue weighted by Crippen LogP contribution is -2.45. The number of carbonyl (C=O) groups is 1. The Morgan fingerprint density at radius 3 is 2.57 bits per heavy atom. The molecule has 1 unspecified atom stereocenters. The van der Waals surface area contributed by atoms with Gasteiger partial charge in [0.2, 0.25) is 5.91 Å². The highest BCUT2D eigenvalue weighted by Crippen LogP contribution is 2.28. The third-order valence-electron chi connectivity index (χ3n) is 4.87. The largest absolute Gasteiger partial charge is 0.380 e. The molecule has 0 bridgehead atoms. The van der Waals surface area contributed by atoms with Crippen molar-refractivity contribution >= 4 is 27.3 Å². The van der Waals surface area contributed by atoms with Crippen LogP contribution in [0.15, 0.2) is 40.6 Å². The summed E-state index contributed by atoms with van der Waals surface area (Å²) in [6.45, 7) is 3.57. The van der Waals surface area contributed by atoms with Crippen LogP contribution in [0.3, 0.4) is 0 Å². The summed E-state index contributed by atoms with van der Waals surface area (Å²) in [6.07, 6.45) is 1.39. The summed E-state index contributed by atoms with van der Waals surface area (Å²) in [7, 11) is -1.87. The van der Waals surface area contributed by atoms with E-state index in [1.807, 2.05) is 37.3 Å². The molecule has 28 heavy (non-hydrogen) atoms. The molecular weight excluding hydrogens is 396 g/mol. The van der Waals surface area contributed by atoms with Gasteiger partial charge in [0, 0.05) is 31.6 Å². The number of nitrogens with one attached hydrogen (secondary N) is 1. The Kier molecular flexibility index (Phi) is 6.87. The van der Waals surface area contributed by atoms with E-state index in [-0.39, 0.29) is 18.4 Å². The summed E-state index contributed by atoms with van der Waals surface area (Å²) in [6, 6.07) is 11.3. The van der Waals surface area contributed by atoms with E-state index in [0.29, 0.717) is 36.7 Å². The Balaban J connectivity index is 1.58. The van der Waals surface area contributed by atoms with Crippen molar-refractivity contribution in [2.75, 3.05) is 20.2 Å². The second kappa shape index (κ2) is 9.17. The standard InChI is InChI=1S/C20H26N2O4S2/c1-15-5-10-19(27-15)28(24,25)22-11-3-4-18(13-22)20(23)21-12-16-6-8-17(9-7-16)14-26-2/h5-10,18H,3-4,11-14H2,1-2H3,(H,21,23). The second-order valence-electron chi connectivity index (χ2n) is 7.03. The Bertz CT molecular complexity index is 907. The molecule has 1 aromatic carbocycles. The van der Waals surface area contributed by atoms with Gasteiger partial charge in [0.25, 0.3) is 10.0 Å². The van der Waals surface area contributed by atoms with Crippen molar-refractivity contribution in [2.45, 2.75) is 37.1 Å². The van der Waals surface area contributed by atoms with Crippen LogP contribution in [0, 0.1) is 12.8 Å². The first kappa shape index (κ1) is 21.0. The molecular formula is C20H26N2O4S2. The van der Waals surface area contributed by atoms with Gasteiger partial charge in [-0.3, -0.25) is 4.79 Å². The van der Waals surface area contributed by atoms with Crippen molar-refractivity contribution in [1.82, 2.24) is 9.62 Å². The van der Waals surface area contributed by atoms with E-state index in [1.165, 1.54) is 15.6 Å². The summed E-state index contributed by atoms with van der Waals surface area (Å²) < 4.78 is 32.5. The monoisotopic (exact) mass is 422 g/mol. The zero-order valence-electron chi connectivity index (χ0n) is 16.2. The molecule has 6 nitrogen and oxygen atoms in total.